The Morgan fingerprint density at radius 2 is 1.97 bits per heavy atom. The first-order valence-electron chi connectivity index (χ1n) is 9.36. The van der Waals surface area contributed by atoms with Crippen LogP contribution in [0.2, 0.25) is 0 Å². The highest BCUT2D eigenvalue weighted by Gasteiger charge is 2.43. The molecule has 0 aliphatic rings. The second-order valence-electron chi connectivity index (χ2n) is 6.50. The number of benzene rings is 1. The summed E-state index contributed by atoms with van der Waals surface area (Å²) in [7, 11) is 1.42. The zero-order valence-corrected chi connectivity index (χ0v) is 16.9. The summed E-state index contributed by atoms with van der Waals surface area (Å²) in [5, 5.41) is 12.0. The van der Waals surface area contributed by atoms with Crippen molar-refractivity contribution < 1.29 is 32.5 Å². The van der Waals surface area contributed by atoms with Gasteiger partial charge in [0.15, 0.2) is 6.10 Å². The van der Waals surface area contributed by atoms with Crippen molar-refractivity contribution >= 4 is 17.5 Å². The van der Waals surface area contributed by atoms with Crippen LogP contribution in [0.4, 0.5) is 24.7 Å². The molecule has 1 heterocycles. The molecule has 0 radical (unpaired) electrons. The van der Waals surface area contributed by atoms with Crippen molar-refractivity contribution in [2.75, 3.05) is 19.0 Å². The van der Waals surface area contributed by atoms with E-state index < -0.39 is 18.2 Å². The van der Waals surface area contributed by atoms with Crippen LogP contribution in [0.25, 0.3) is 0 Å². The third kappa shape index (κ3) is 6.06. The van der Waals surface area contributed by atoms with E-state index in [1.807, 2.05) is 6.92 Å². The van der Waals surface area contributed by atoms with Gasteiger partial charge in [-0.1, -0.05) is 19.1 Å². The molecule has 0 saturated heterocycles. The van der Waals surface area contributed by atoms with Crippen LogP contribution in [-0.4, -0.2) is 40.9 Å². The maximum absolute atomic E-state index is 13.6. The molecule has 0 saturated carbocycles. The van der Waals surface area contributed by atoms with Crippen LogP contribution in [0, 0.1) is 0 Å². The fourth-order valence-corrected chi connectivity index (χ4v) is 3.02. The number of halogens is 3. The Kier molecular flexibility index (Phi) is 7.99. The minimum atomic E-state index is -4.63. The van der Waals surface area contributed by atoms with Gasteiger partial charge in [-0.3, -0.25) is 4.79 Å². The Hall–Kier alpha value is -2.88. The lowest BCUT2D eigenvalue weighted by atomic mass is 9.91. The number of hydrogen-bond donors (Lipinski definition) is 2. The third-order valence-corrected chi connectivity index (χ3v) is 4.48. The fraction of sp³-hybridized carbons (Fsp3) is 0.450. The highest BCUT2D eigenvalue weighted by molar-refractivity contribution is 5.69. The molecule has 2 rings (SSSR count). The molecule has 30 heavy (non-hydrogen) atoms. The molecule has 0 unspecified atom stereocenters. The SMILES string of the molecule is CCO[C@@H](c1ccc([C@H](CC)CC(=O)O)cc1Nc1cnc(OC)cn1)C(F)(F)F. The monoisotopic (exact) mass is 427 g/mol. The van der Waals surface area contributed by atoms with E-state index in [0.29, 0.717) is 12.0 Å². The van der Waals surface area contributed by atoms with Crippen molar-refractivity contribution in [1.82, 2.24) is 9.97 Å². The molecule has 0 fully saturated rings. The first-order chi connectivity index (χ1) is 14.2. The molecule has 7 nitrogen and oxygen atoms in total. The average molecular weight is 427 g/mol. The predicted octanol–water partition coefficient (Wildman–Crippen LogP) is 4.84. The number of nitrogens with zero attached hydrogens (tertiary/aromatic N) is 2. The zero-order chi connectivity index (χ0) is 22.3. The number of anilines is 2. The Morgan fingerprint density at radius 3 is 2.47 bits per heavy atom. The minimum Gasteiger partial charge on any atom is -0.481 e. The maximum Gasteiger partial charge on any atom is 0.418 e. The Morgan fingerprint density at radius 1 is 1.23 bits per heavy atom. The van der Waals surface area contributed by atoms with Crippen LogP contribution in [0.5, 0.6) is 5.88 Å². The minimum absolute atomic E-state index is 0.117. The van der Waals surface area contributed by atoms with E-state index in [2.05, 4.69) is 15.3 Å². The quantitative estimate of drug-likeness (QED) is 0.560. The maximum atomic E-state index is 13.6. The number of hydrogen-bond acceptors (Lipinski definition) is 6. The number of carboxylic acid groups (broad SMARTS) is 1. The molecule has 2 atom stereocenters. The van der Waals surface area contributed by atoms with Crippen molar-refractivity contribution in [3.8, 4) is 5.88 Å². The number of rotatable bonds is 10. The second-order valence-corrected chi connectivity index (χ2v) is 6.50. The molecule has 0 aliphatic heterocycles. The van der Waals surface area contributed by atoms with Gasteiger partial charge in [-0.2, -0.15) is 13.2 Å². The van der Waals surface area contributed by atoms with E-state index >= 15 is 0 Å². The number of methoxy groups -OCH3 is 1. The lowest BCUT2D eigenvalue weighted by Crippen LogP contribution is -2.24. The molecule has 0 amide bonds. The highest BCUT2D eigenvalue weighted by Crippen LogP contribution is 2.41. The summed E-state index contributed by atoms with van der Waals surface area (Å²) >= 11 is 0. The van der Waals surface area contributed by atoms with Gasteiger partial charge in [-0.25, -0.2) is 9.97 Å². The number of nitrogens with one attached hydrogen (secondary N) is 1. The topological polar surface area (TPSA) is 93.6 Å². The Bertz CT molecular complexity index is 844. The summed E-state index contributed by atoms with van der Waals surface area (Å²) in [6.07, 6.45) is -3.75. The third-order valence-electron chi connectivity index (χ3n) is 4.48. The van der Waals surface area contributed by atoms with E-state index in [1.165, 1.54) is 44.6 Å². The number of carbonyl (C=O) groups is 1. The lowest BCUT2D eigenvalue weighted by Gasteiger charge is -2.25. The van der Waals surface area contributed by atoms with E-state index in [4.69, 9.17) is 14.6 Å². The molecule has 2 N–H and O–H groups in total. The molecular weight excluding hydrogens is 403 g/mol. The van der Waals surface area contributed by atoms with E-state index in [9.17, 15) is 18.0 Å². The van der Waals surface area contributed by atoms with Crippen molar-refractivity contribution in [3.63, 3.8) is 0 Å². The number of aliphatic carboxylic acids is 1. The van der Waals surface area contributed by atoms with E-state index in [1.54, 1.807) is 0 Å². The van der Waals surface area contributed by atoms with Crippen LogP contribution < -0.4 is 10.1 Å². The normalized spacial score (nSPS) is 13.5. The number of aromatic nitrogens is 2. The van der Waals surface area contributed by atoms with Crippen LogP contribution >= 0.6 is 0 Å². The first kappa shape index (κ1) is 23.4. The first-order valence-corrected chi connectivity index (χ1v) is 9.36. The van der Waals surface area contributed by atoms with Crippen molar-refractivity contribution in [1.29, 1.82) is 0 Å². The Balaban J connectivity index is 2.52. The summed E-state index contributed by atoms with van der Waals surface area (Å²) in [4.78, 5) is 19.2. The number of alkyl halides is 3. The van der Waals surface area contributed by atoms with Crippen molar-refractivity contribution in [2.24, 2.45) is 0 Å². The molecule has 1 aromatic carbocycles. The molecule has 0 spiro atoms. The van der Waals surface area contributed by atoms with Crippen LogP contribution in [0.3, 0.4) is 0 Å². The van der Waals surface area contributed by atoms with Gasteiger partial charge < -0.3 is 19.9 Å². The van der Waals surface area contributed by atoms with Gasteiger partial charge in [0.2, 0.25) is 5.88 Å². The highest BCUT2D eigenvalue weighted by atomic mass is 19.4. The summed E-state index contributed by atoms with van der Waals surface area (Å²) < 4.78 is 50.8. The zero-order valence-electron chi connectivity index (χ0n) is 16.9. The van der Waals surface area contributed by atoms with Crippen LogP contribution in [0.1, 0.15) is 49.8 Å². The van der Waals surface area contributed by atoms with Gasteiger partial charge in [0.25, 0.3) is 0 Å². The number of ether oxygens (including phenoxy) is 2. The smallest absolute Gasteiger partial charge is 0.418 e. The van der Waals surface area contributed by atoms with E-state index in [-0.39, 0.29) is 41.9 Å². The molecule has 10 heteroatoms. The largest absolute Gasteiger partial charge is 0.481 e. The summed E-state index contributed by atoms with van der Waals surface area (Å²) in [5.41, 5.74) is 0.590. The molecule has 0 aliphatic carbocycles. The fourth-order valence-electron chi connectivity index (χ4n) is 3.02. The molecule has 0 bridgehead atoms. The van der Waals surface area contributed by atoms with Gasteiger partial charge in [-0.15, -0.1) is 0 Å². The molecule has 2 aromatic rings. The number of carboxylic acids is 1. The van der Waals surface area contributed by atoms with Crippen LogP contribution in [0.15, 0.2) is 30.6 Å². The van der Waals surface area contributed by atoms with E-state index in [0.717, 1.165) is 0 Å². The Labute approximate surface area is 172 Å². The van der Waals surface area contributed by atoms with Crippen LogP contribution in [-0.2, 0) is 9.53 Å². The molecule has 1 aromatic heterocycles. The lowest BCUT2D eigenvalue weighted by molar-refractivity contribution is -0.222. The average Bonchev–Trinajstić information content (AvgIpc) is 2.70. The van der Waals surface area contributed by atoms with Gasteiger partial charge in [0.1, 0.15) is 5.82 Å². The van der Waals surface area contributed by atoms with Gasteiger partial charge >= 0.3 is 12.1 Å². The molecular formula is C20H24F3N3O4. The summed E-state index contributed by atoms with van der Waals surface area (Å²) in [6, 6.07) is 4.33. The van der Waals surface area contributed by atoms with Crippen molar-refractivity contribution in [2.45, 2.75) is 44.9 Å². The predicted molar refractivity (Wildman–Crippen MR) is 104 cm³/mol. The van der Waals surface area contributed by atoms with Gasteiger partial charge in [0.05, 0.1) is 25.9 Å². The van der Waals surface area contributed by atoms with Gasteiger partial charge in [0, 0.05) is 17.9 Å². The summed E-state index contributed by atoms with van der Waals surface area (Å²) in [5.74, 6) is -0.873. The standard InChI is InChI=1S/C20H24F3N3O4/c1-4-12(9-18(27)28)13-6-7-14(19(30-5-2)20(21,22)23)15(8-13)26-16-10-25-17(29-3)11-24-16/h6-8,10-12,19H,4-5,9H2,1-3H3,(H,24,26)(H,27,28)/t12-,19+/m1/s1. The second kappa shape index (κ2) is 10.2. The summed E-state index contributed by atoms with van der Waals surface area (Å²) in [6.45, 7) is 3.17. The molecule has 164 valence electrons. The van der Waals surface area contributed by atoms with Crippen molar-refractivity contribution in [3.05, 3.63) is 41.7 Å². The van der Waals surface area contributed by atoms with Gasteiger partial charge in [-0.05, 0) is 30.9 Å².